The zero-order chi connectivity index (χ0) is 16.8. The smallest absolute Gasteiger partial charge is 0.257 e. The topological polar surface area (TPSA) is 63.4 Å². The highest BCUT2D eigenvalue weighted by molar-refractivity contribution is 5.94. The van der Waals surface area contributed by atoms with Crippen LogP contribution in [0.3, 0.4) is 0 Å². The summed E-state index contributed by atoms with van der Waals surface area (Å²) in [6.45, 7) is 0.196. The Morgan fingerprint density at radius 2 is 1.74 bits per heavy atom. The van der Waals surface area contributed by atoms with Gasteiger partial charge in [0.15, 0.2) is 0 Å². The molecular formula is C17H16F2N2O2. The molecule has 0 spiro atoms. The quantitative estimate of drug-likeness (QED) is 0.889. The SMILES string of the molecule is NC(=O)CCN(Cc1ccccc1)C(=O)c1cc(F)ccc1F. The highest BCUT2D eigenvalue weighted by Gasteiger charge is 2.20. The van der Waals surface area contributed by atoms with Gasteiger partial charge in [-0.25, -0.2) is 8.78 Å². The maximum atomic E-state index is 13.8. The predicted molar refractivity (Wildman–Crippen MR) is 81.4 cm³/mol. The molecule has 23 heavy (non-hydrogen) atoms. The van der Waals surface area contributed by atoms with Crippen LogP contribution < -0.4 is 5.73 Å². The maximum absolute atomic E-state index is 13.8. The Kier molecular flexibility index (Phi) is 5.41. The van der Waals surface area contributed by atoms with Crippen LogP contribution in [0, 0.1) is 11.6 Å². The van der Waals surface area contributed by atoms with Crippen LogP contribution >= 0.6 is 0 Å². The molecule has 0 unspecified atom stereocenters. The Bertz CT molecular complexity index is 705. The molecule has 2 rings (SSSR count). The van der Waals surface area contributed by atoms with E-state index in [1.54, 1.807) is 24.3 Å². The van der Waals surface area contributed by atoms with Crippen molar-refractivity contribution in [2.45, 2.75) is 13.0 Å². The van der Waals surface area contributed by atoms with E-state index in [-0.39, 0.29) is 25.1 Å². The number of nitrogens with zero attached hydrogens (tertiary/aromatic N) is 1. The molecule has 0 aliphatic heterocycles. The fourth-order valence-electron chi connectivity index (χ4n) is 2.13. The molecule has 0 bridgehead atoms. The minimum absolute atomic E-state index is 0.0268. The van der Waals surface area contributed by atoms with Crippen molar-refractivity contribution in [1.29, 1.82) is 0 Å². The van der Waals surface area contributed by atoms with E-state index in [0.717, 1.165) is 23.8 Å². The van der Waals surface area contributed by atoms with Crippen LogP contribution in [0.15, 0.2) is 48.5 Å². The highest BCUT2D eigenvalue weighted by Crippen LogP contribution is 2.15. The second-order valence-electron chi connectivity index (χ2n) is 5.05. The molecule has 4 nitrogen and oxygen atoms in total. The lowest BCUT2D eigenvalue weighted by Gasteiger charge is -2.22. The average molecular weight is 318 g/mol. The third-order valence-corrected chi connectivity index (χ3v) is 3.29. The van der Waals surface area contributed by atoms with Gasteiger partial charge in [-0.2, -0.15) is 0 Å². The summed E-state index contributed by atoms with van der Waals surface area (Å²) in [5.41, 5.74) is 5.55. The zero-order valence-corrected chi connectivity index (χ0v) is 12.3. The lowest BCUT2D eigenvalue weighted by atomic mass is 10.1. The summed E-state index contributed by atoms with van der Waals surface area (Å²) >= 11 is 0. The molecule has 0 aliphatic rings. The Labute approximate surface area is 132 Å². The third-order valence-electron chi connectivity index (χ3n) is 3.29. The number of primary amides is 1. The van der Waals surface area contributed by atoms with E-state index in [1.807, 2.05) is 6.07 Å². The Hall–Kier alpha value is -2.76. The van der Waals surface area contributed by atoms with Crippen LogP contribution in [0.2, 0.25) is 0 Å². The lowest BCUT2D eigenvalue weighted by molar-refractivity contribution is -0.118. The average Bonchev–Trinajstić information content (AvgIpc) is 2.54. The van der Waals surface area contributed by atoms with Gasteiger partial charge in [0, 0.05) is 19.5 Å². The summed E-state index contributed by atoms with van der Waals surface area (Å²) in [6.07, 6.45) is -0.0600. The lowest BCUT2D eigenvalue weighted by Crippen LogP contribution is -2.34. The van der Waals surface area contributed by atoms with Crippen molar-refractivity contribution in [3.05, 3.63) is 71.3 Å². The van der Waals surface area contributed by atoms with Gasteiger partial charge in [0.25, 0.3) is 5.91 Å². The summed E-state index contributed by atoms with van der Waals surface area (Å²) in [6, 6.07) is 11.7. The van der Waals surface area contributed by atoms with Crippen LogP contribution in [0.1, 0.15) is 22.3 Å². The van der Waals surface area contributed by atoms with E-state index in [0.29, 0.717) is 0 Å². The third kappa shape index (κ3) is 4.60. The molecular weight excluding hydrogens is 302 g/mol. The summed E-state index contributed by atoms with van der Waals surface area (Å²) in [5, 5.41) is 0. The van der Waals surface area contributed by atoms with Crippen LogP contribution in [-0.2, 0) is 11.3 Å². The molecule has 0 fully saturated rings. The molecule has 0 aliphatic carbocycles. The van der Waals surface area contributed by atoms with Gasteiger partial charge in [0.1, 0.15) is 11.6 Å². The first-order chi connectivity index (χ1) is 11.0. The molecule has 120 valence electrons. The molecule has 2 aromatic rings. The predicted octanol–water partition coefficient (Wildman–Crippen LogP) is 2.48. The maximum Gasteiger partial charge on any atom is 0.257 e. The van der Waals surface area contributed by atoms with Crippen molar-refractivity contribution in [3.63, 3.8) is 0 Å². The number of carbonyl (C=O) groups excluding carboxylic acids is 2. The number of rotatable bonds is 6. The highest BCUT2D eigenvalue weighted by atomic mass is 19.1. The summed E-state index contributed by atoms with van der Waals surface area (Å²) < 4.78 is 27.1. The molecule has 2 aromatic carbocycles. The van der Waals surface area contributed by atoms with E-state index >= 15 is 0 Å². The largest absolute Gasteiger partial charge is 0.370 e. The molecule has 0 aromatic heterocycles. The first-order valence-electron chi connectivity index (χ1n) is 7.04. The van der Waals surface area contributed by atoms with Crippen molar-refractivity contribution in [1.82, 2.24) is 4.90 Å². The molecule has 2 amide bonds. The van der Waals surface area contributed by atoms with Gasteiger partial charge in [-0.05, 0) is 23.8 Å². The minimum atomic E-state index is -0.812. The van der Waals surface area contributed by atoms with Gasteiger partial charge in [-0.1, -0.05) is 30.3 Å². The fourth-order valence-corrected chi connectivity index (χ4v) is 2.13. The second kappa shape index (κ2) is 7.49. The molecule has 0 radical (unpaired) electrons. The number of carbonyl (C=O) groups is 2. The minimum Gasteiger partial charge on any atom is -0.370 e. The summed E-state index contributed by atoms with van der Waals surface area (Å²) in [4.78, 5) is 24.8. The monoisotopic (exact) mass is 318 g/mol. The zero-order valence-electron chi connectivity index (χ0n) is 12.3. The van der Waals surface area contributed by atoms with E-state index in [2.05, 4.69) is 0 Å². The number of benzene rings is 2. The van der Waals surface area contributed by atoms with Gasteiger partial charge in [0.2, 0.25) is 5.91 Å². The number of hydrogen-bond donors (Lipinski definition) is 1. The van der Waals surface area contributed by atoms with E-state index in [9.17, 15) is 18.4 Å². The standard InChI is InChI=1S/C17H16F2N2O2/c18-13-6-7-15(19)14(10-13)17(23)21(9-8-16(20)22)11-12-4-2-1-3-5-12/h1-7,10H,8-9,11H2,(H2,20,22). The second-order valence-corrected chi connectivity index (χ2v) is 5.05. The Morgan fingerprint density at radius 1 is 1.04 bits per heavy atom. The van der Waals surface area contributed by atoms with Crippen molar-refractivity contribution in [2.75, 3.05) is 6.54 Å². The van der Waals surface area contributed by atoms with Crippen molar-refractivity contribution in [2.24, 2.45) is 5.73 Å². The van der Waals surface area contributed by atoms with Gasteiger partial charge in [0.05, 0.1) is 5.56 Å². The first-order valence-corrected chi connectivity index (χ1v) is 7.04. The molecule has 0 atom stereocenters. The summed E-state index contributed by atoms with van der Waals surface area (Å²) in [5.74, 6) is -2.78. The Morgan fingerprint density at radius 3 is 2.39 bits per heavy atom. The molecule has 0 saturated carbocycles. The van der Waals surface area contributed by atoms with Crippen molar-refractivity contribution < 1.29 is 18.4 Å². The van der Waals surface area contributed by atoms with E-state index in [4.69, 9.17) is 5.73 Å². The van der Waals surface area contributed by atoms with Gasteiger partial charge in [-0.3, -0.25) is 9.59 Å². The first kappa shape index (κ1) is 16.6. The molecule has 6 heteroatoms. The van der Waals surface area contributed by atoms with Crippen molar-refractivity contribution in [3.8, 4) is 0 Å². The molecule has 0 heterocycles. The molecule has 2 N–H and O–H groups in total. The van der Waals surface area contributed by atoms with E-state index < -0.39 is 23.4 Å². The number of hydrogen-bond acceptors (Lipinski definition) is 2. The van der Waals surface area contributed by atoms with Crippen molar-refractivity contribution >= 4 is 11.8 Å². The number of halogens is 2. The van der Waals surface area contributed by atoms with Gasteiger partial charge < -0.3 is 10.6 Å². The number of amides is 2. The Balaban J connectivity index is 2.26. The summed E-state index contributed by atoms with van der Waals surface area (Å²) in [7, 11) is 0. The van der Waals surface area contributed by atoms with Crippen LogP contribution in [0.5, 0.6) is 0 Å². The van der Waals surface area contributed by atoms with Crippen LogP contribution in [-0.4, -0.2) is 23.3 Å². The molecule has 0 saturated heterocycles. The number of nitrogens with two attached hydrogens (primary N) is 1. The van der Waals surface area contributed by atoms with Gasteiger partial charge in [-0.15, -0.1) is 0 Å². The normalized spacial score (nSPS) is 10.3. The van der Waals surface area contributed by atoms with Crippen LogP contribution in [0.4, 0.5) is 8.78 Å². The van der Waals surface area contributed by atoms with E-state index in [1.165, 1.54) is 4.90 Å². The fraction of sp³-hybridized carbons (Fsp3) is 0.176. The van der Waals surface area contributed by atoms with Crippen LogP contribution in [0.25, 0.3) is 0 Å². The van der Waals surface area contributed by atoms with Gasteiger partial charge >= 0.3 is 0 Å².